The van der Waals surface area contributed by atoms with Crippen LogP contribution in [0.25, 0.3) is 0 Å². The topological polar surface area (TPSA) is 94.4 Å². The molecule has 2 rings (SSSR count). The summed E-state index contributed by atoms with van der Waals surface area (Å²) in [6, 6.07) is -0.0940. The van der Waals surface area contributed by atoms with Crippen molar-refractivity contribution >= 4 is 15.9 Å². The van der Waals surface area contributed by atoms with Crippen molar-refractivity contribution in [1.82, 2.24) is 19.7 Å². The van der Waals surface area contributed by atoms with Crippen molar-refractivity contribution in [3.8, 4) is 0 Å². The average Bonchev–Trinajstić information content (AvgIpc) is 3.14. The maximum absolute atomic E-state index is 12.2. The van der Waals surface area contributed by atoms with Gasteiger partial charge in [-0.15, -0.1) is 5.10 Å². The van der Waals surface area contributed by atoms with Crippen LogP contribution in [-0.2, 0) is 14.6 Å². The zero-order valence-electron chi connectivity index (χ0n) is 12.2. The normalized spacial score (nSPS) is 15.1. The molecule has 0 spiro atoms. The molecular weight excluding hydrogens is 296 g/mol. The molecule has 0 unspecified atom stereocenters. The number of aromatic nitrogens is 3. The minimum atomic E-state index is -3.62. The minimum Gasteiger partial charge on any atom is -0.381 e. The Morgan fingerprint density at radius 3 is 2.76 bits per heavy atom. The number of nitrogens with zero attached hydrogens (tertiary/aromatic N) is 4. The second-order valence-electron chi connectivity index (χ2n) is 4.79. The van der Waals surface area contributed by atoms with Gasteiger partial charge in [-0.3, -0.25) is 0 Å². The van der Waals surface area contributed by atoms with Gasteiger partial charge in [0.15, 0.2) is 0 Å². The Balaban J connectivity index is 2.08. The first-order valence-electron chi connectivity index (χ1n) is 7.02. The molecule has 1 saturated carbocycles. The first-order chi connectivity index (χ1) is 9.99. The van der Waals surface area contributed by atoms with Crippen LogP contribution >= 0.6 is 0 Å². The summed E-state index contributed by atoms with van der Waals surface area (Å²) in [6.07, 6.45) is 3.11. The van der Waals surface area contributed by atoms with E-state index < -0.39 is 9.84 Å². The van der Waals surface area contributed by atoms with E-state index >= 15 is 0 Å². The van der Waals surface area contributed by atoms with Gasteiger partial charge in [0.25, 0.3) is 5.16 Å². The third-order valence-corrected chi connectivity index (χ3v) is 4.67. The molecule has 0 bridgehead atoms. The first kappa shape index (κ1) is 15.9. The number of hydrogen-bond acceptors (Lipinski definition) is 6. The lowest BCUT2D eigenvalue weighted by Gasteiger charge is -2.18. The van der Waals surface area contributed by atoms with Crippen molar-refractivity contribution in [3.63, 3.8) is 0 Å². The summed E-state index contributed by atoms with van der Waals surface area (Å²) in [5.74, 6) is -0.195. The fourth-order valence-corrected chi connectivity index (χ4v) is 2.89. The summed E-state index contributed by atoms with van der Waals surface area (Å²) in [4.78, 5) is 17.6. The quantitative estimate of drug-likeness (QED) is 0.681. The van der Waals surface area contributed by atoms with Gasteiger partial charge in [0.2, 0.25) is 9.84 Å². The molecule has 9 heteroatoms. The molecule has 0 saturated heterocycles. The SMILES string of the molecule is CCOCCS(=O)(=O)c1ncn(C(=O)N(CC)C2CC2)n1. The molecule has 1 aliphatic rings. The van der Waals surface area contributed by atoms with Crippen LogP contribution in [0.2, 0.25) is 0 Å². The highest BCUT2D eigenvalue weighted by Crippen LogP contribution is 2.27. The number of amides is 1. The van der Waals surface area contributed by atoms with E-state index in [4.69, 9.17) is 4.74 Å². The molecule has 1 aliphatic carbocycles. The van der Waals surface area contributed by atoms with Crippen LogP contribution in [0.5, 0.6) is 0 Å². The highest BCUT2D eigenvalue weighted by molar-refractivity contribution is 7.91. The lowest BCUT2D eigenvalue weighted by atomic mass is 10.5. The zero-order valence-corrected chi connectivity index (χ0v) is 13.0. The Hall–Kier alpha value is -1.48. The maximum Gasteiger partial charge on any atom is 0.346 e. The standard InChI is InChI=1S/C12H20N4O4S/c1-3-15(10-5-6-10)12(17)16-9-13-11(14-16)21(18,19)8-7-20-4-2/h9-10H,3-8H2,1-2H3. The molecule has 0 aliphatic heterocycles. The second kappa shape index (κ2) is 6.52. The Morgan fingerprint density at radius 1 is 1.48 bits per heavy atom. The van der Waals surface area contributed by atoms with Crippen molar-refractivity contribution in [1.29, 1.82) is 0 Å². The van der Waals surface area contributed by atoms with Crippen LogP contribution in [0, 0.1) is 0 Å². The van der Waals surface area contributed by atoms with E-state index in [2.05, 4.69) is 10.1 Å². The van der Waals surface area contributed by atoms with E-state index in [1.807, 2.05) is 6.92 Å². The van der Waals surface area contributed by atoms with Crippen LogP contribution in [0.1, 0.15) is 26.7 Å². The number of sulfone groups is 1. The largest absolute Gasteiger partial charge is 0.381 e. The Morgan fingerprint density at radius 2 is 2.19 bits per heavy atom. The van der Waals surface area contributed by atoms with Gasteiger partial charge >= 0.3 is 6.03 Å². The van der Waals surface area contributed by atoms with Crippen LogP contribution in [0.4, 0.5) is 4.79 Å². The van der Waals surface area contributed by atoms with Gasteiger partial charge in [-0.25, -0.2) is 18.2 Å². The molecule has 0 atom stereocenters. The summed E-state index contributed by atoms with van der Waals surface area (Å²) < 4.78 is 30.0. The number of hydrogen-bond donors (Lipinski definition) is 0. The van der Waals surface area contributed by atoms with E-state index in [0.717, 1.165) is 23.9 Å². The molecular formula is C12H20N4O4S. The lowest BCUT2D eigenvalue weighted by Crippen LogP contribution is -2.36. The Labute approximate surface area is 124 Å². The van der Waals surface area contributed by atoms with Gasteiger partial charge in [-0.2, -0.15) is 4.68 Å². The van der Waals surface area contributed by atoms with Gasteiger partial charge in [0, 0.05) is 19.2 Å². The van der Waals surface area contributed by atoms with Crippen molar-refractivity contribution in [2.45, 2.75) is 37.9 Å². The zero-order chi connectivity index (χ0) is 15.5. The van der Waals surface area contributed by atoms with Gasteiger partial charge < -0.3 is 9.64 Å². The summed E-state index contributed by atoms with van der Waals surface area (Å²) in [6.45, 7) is 4.77. The summed E-state index contributed by atoms with van der Waals surface area (Å²) in [5.41, 5.74) is 0. The van der Waals surface area contributed by atoms with Crippen LogP contribution in [0.3, 0.4) is 0 Å². The lowest BCUT2D eigenvalue weighted by molar-refractivity contribution is 0.163. The van der Waals surface area contributed by atoms with E-state index in [-0.39, 0.29) is 29.6 Å². The number of ether oxygens (including phenoxy) is 1. The van der Waals surface area contributed by atoms with Gasteiger partial charge in [-0.05, 0) is 26.7 Å². The van der Waals surface area contributed by atoms with E-state index in [1.54, 1.807) is 11.8 Å². The van der Waals surface area contributed by atoms with Crippen LogP contribution in [0.15, 0.2) is 11.5 Å². The number of carbonyl (C=O) groups is 1. The van der Waals surface area contributed by atoms with Crippen LogP contribution < -0.4 is 0 Å². The average molecular weight is 316 g/mol. The predicted octanol–water partition coefficient (Wildman–Crippen LogP) is 0.541. The summed E-state index contributed by atoms with van der Waals surface area (Å²) in [7, 11) is -3.62. The molecule has 118 valence electrons. The molecule has 1 amide bonds. The molecule has 0 N–H and O–H groups in total. The van der Waals surface area contributed by atoms with Crippen molar-refractivity contribution in [2.24, 2.45) is 0 Å². The number of carbonyl (C=O) groups excluding carboxylic acids is 1. The van der Waals surface area contributed by atoms with Gasteiger partial charge in [-0.1, -0.05) is 0 Å². The smallest absolute Gasteiger partial charge is 0.346 e. The third-order valence-electron chi connectivity index (χ3n) is 3.22. The van der Waals surface area contributed by atoms with E-state index in [0.29, 0.717) is 13.2 Å². The Kier molecular flexibility index (Phi) is 4.94. The highest BCUT2D eigenvalue weighted by Gasteiger charge is 2.33. The van der Waals surface area contributed by atoms with Gasteiger partial charge in [0.05, 0.1) is 12.4 Å². The molecule has 8 nitrogen and oxygen atoms in total. The molecule has 1 aromatic heterocycles. The van der Waals surface area contributed by atoms with Crippen molar-refractivity contribution in [3.05, 3.63) is 6.33 Å². The minimum absolute atomic E-state index is 0.0878. The first-order valence-corrected chi connectivity index (χ1v) is 8.68. The molecule has 1 fully saturated rings. The number of rotatable bonds is 7. The van der Waals surface area contributed by atoms with Crippen molar-refractivity contribution in [2.75, 3.05) is 25.5 Å². The maximum atomic E-state index is 12.2. The second-order valence-corrected chi connectivity index (χ2v) is 6.79. The van der Waals surface area contributed by atoms with Gasteiger partial charge in [0.1, 0.15) is 6.33 Å². The fraction of sp³-hybridized carbons (Fsp3) is 0.750. The third kappa shape index (κ3) is 3.79. The highest BCUT2D eigenvalue weighted by atomic mass is 32.2. The van der Waals surface area contributed by atoms with E-state index in [1.165, 1.54) is 0 Å². The monoisotopic (exact) mass is 316 g/mol. The Bertz CT molecular complexity index is 594. The predicted molar refractivity (Wildman–Crippen MR) is 74.8 cm³/mol. The molecule has 1 aromatic rings. The van der Waals surface area contributed by atoms with Crippen LogP contribution in [-0.4, -0.2) is 65.7 Å². The van der Waals surface area contributed by atoms with Crippen molar-refractivity contribution < 1.29 is 17.9 Å². The molecule has 21 heavy (non-hydrogen) atoms. The summed E-state index contributed by atoms with van der Waals surface area (Å²) >= 11 is 0. The molecule has 1 heterocycles. The van der Waals surface area contributed by atoms with E-state index in [9.17, 15) is 13.2 Å². The fourth-order valence-electron chi connectivity index (χ4n) is 1.95. The molecule has 0 radical (unpaired) electrons. The molecule has 0 aromatic carbocycles. The summed E-state index contributed by atoms with van der Waals surface area (Å²) in [5, 5.41) is 3.48.